The average molecular weight is 491 g/mol. The van der Waals surface area contributed by atoms with Gasteiger partial charge in [0.05, 0.1) is 30.5 Å². The number of aromatic nitrogens is 2. The van der Waals surface area contributed by atoms with Crippen molar-refractivity contribution in [2.45, 2.75) is 45.6 Å². The highest BCUT2D eigenvalue weighted by atomic mass is 16.5. The van der Waals surface area contributed by atoms with Crippen LogP contribution in [0.25, 0.3) is 5.69 Å². The molecule has 0 radical (unpaired) electrons. The van der Waals surface area contributed by atoms with Crippen LogP contribution in [0.15, 0.2) is 59.4 Å². The number of carbonyl (C=O) groups excluding carboxylic acids is 2. The SMILES string of the molecule is CCCCN1C(=O)CC[C@@H](C(=O)Nc2c(C)n(C)n(-c3ccccc3)c2=O)[C@H]1c1ccc(OC)cc1. The molecule has 1 aliphatic heterocycles. The Morgan fingerprint density at radius 1 is 1.08 bits per heavy atom. The van der Waals surface area contributed by atoms with Crippen molar-refractivity contribution < 1.29 is 14.3 Å². The Kier molecular flexibility index (Phi) is 7.62. The Morgan fingerprint density at radius 2 is 1.78 bits per heavy atom. The molecule has 0 spiro atoms. The minimum absolute atomic E-state index is 0.0515. The molecule has 8 nitrogen and oxygen atoms in total. The van der Waals surface area contributed by atoms with Crippen LogP contribution >= 0.6 is 0 Å². The molecule has 0 unspecified atom stereocenters. The molecule has 1 aromatic heterocycles. The van der Waals surface area contributed by atoms with Crippen LogP contribution in [0.1, 0.15) is 49.9 Å². The molecule has 0 aliphatic carbocycles. The summed E-state index contributed by atoms with van der Waals surface area (Å²) in [5, 5.41) is 2.94. The number of para-hydroxylation sites is 1. The van der Waals surface area contributed by atoms with Crippen LogP contribution in [-0.4, -0.2) is 39.7 Å². The van der Waals surface area contributed by atoms with E-state index in [1.54, 1.807) is 23.5 Å². The summed E-state index contributed by atoms with van der Waals surface area (Å²) in [7, 11) is 3.40. The summed E-state index contributed by atoms with van der Waals surface area (Å²) in [6.45, 7) is 4.48. The van der Waals surface area contributed by atoms with Gasteiger partial charge in [-0.1, -0.05) is 43.7 Å². The van der Waals surface area contributed by atoms with Crippen molar-refractivity contribution in [3.8, 4) is 11.4 Å². The van der Waals surface area contributed by atoms with E-state index in [1.807, 2.05) is 66.4 Å². The normalized spacial score (nSPS) is 17.8. The van der Waals surface area contributed by atoms with Crippen LogP contribution < -0.4 is 15.6 Å². The summed E-state index contributed by atoms with van der Waals surface area (Å²) in [4.78, 5) is 41.9. The quantitative estimate of drug-likeness (QED) is 0.513. The van der Waals surface area contributed by atoms with E-state index in [1.165, 1.54) is 0 Å². The van der Waals surface area contributed by atoms with Gasteiger partial charge >= 0.3 is 0 Å². The first-order chi connectivity index (χ1) is 17.4. The van der Waals surface area contributed by atoms with E-state index in [2.05, 4.69) is 12.2 Å². The summed E-state index contributed by atoms with van der Waals surface area (Å²) in [5.74, 6) is 0.0203. The maximum atomic E-state index is 13.7. The number of likely N-dealkylation sites (tertiary alicyclic amines) is 1. The van der Waals surface area contributed by atoms with Crippen molar-refractivity contribution in [2.24, 2.45) is 13.0 Å². The summed E-state index contributed by atoms with van der Waals surface area (Å²) < 4.78 is 8.59. The average Bonchev–Trinajstić information content (AvgIpc) is 3.11. The number of rotatable bonds is 8. The number of hydrogen-bond acceptors (Lipinski definition) is 4. The van der Waals surface area contributed by atoms with Gasteiger partial charge in [-0.3, -0.25) is 19.1 Å². The predicted molar refractivity (Wildman–Crippen MR) is 139 cm³/mol. The van der Waals surface area contributed by atoms with Crippen LogP contribution in [0, 0.1) is 12.8 Å². The van der Waals surface area contributed by atoms with E-state index < -0.39 is 12.0 Å². The van der Waals surface area contributed by atoms with Gasteiger partial charge in [0.25, 0.3) is 5.56 Å². The van der Waals surface area contributed by atoms with Crippen LogP contribution in [0.3, 0.4) is 0 Å². The lowest BCUT2D eigenvalue weighted by atomic mass is 9.83. The summed E-state index contributed by atoms with van der Waals surface area (Å²) >= 11 is 0. The Bertz CT molecular complexity index is 1280. The molecule has 1 saturated heterocycles. The first kappa shape index (κ1) is 25.3. The Balaban J connectivity index is 1.69. The molecular weight excluding hydrogens is 456 g/mol. The van der Waals surface area contributed by atoms with Crippen molar-refractivity contribution in [1.82, 2.24) is 14.3 Å². The third kappa shape index (κ3) is 4.80. The third-order valence-electron chi connectivity index (χ3n) is 7.06. The van der Waals surface area contributed by atoms with E-state index in [0.29, 0.717) is 30.8 Å². The van der Waals surface area contributed by atoms with E-state index >= 15 is 0 Å². The van der Waals surface area contributed by atoms with Gasteiger partial charge < -0.3 is 15.0 Å². The molecule has 2 atom stereocenters. The van der Waals surface area contributed by atoms with Gasteiger partial charge in [0.15, 0.2) is 0 Å². The highest BCUT2D eigenvalue weighted by Crippen LogP contribution is 2.38. The zero-order valence-electron chi connectivity index (χ0n) is 21.4. The molecule has 3 aromatic rings. The number of anilines is 1. The van der Waals surface area contributed by atoms with Gasteiger partial charge in [0, 0.05) is 20.0 Å². The maximum absolute atomic E-state index is 13.7. The number of benzene rings is 2. The summed E-state index contributed by atoms with van der Waals surface area (Å²) in [6.07, 6.45) is 2.52. The van der Waals surface area contributed by atoms with Crippen molar-refractivity contribution in [3.05, 3.63) is 76.2 Å². The van der Waals surface area contributed by atoms with E-state index in [9.17, 15) is 14.4 Å². The van der Waals surface area contributed by atoms with Gasteiger partial charge in [0.1, 0.15) is 11.4 Å². The van der Waals surface area contributed by atoms with E-state index in [0.717, 1.165) is 24.1 Å². The topological polar surface area (TPSA) is 85.6 Å². The molecule has 4 rings (SSSR count). The molecule has 2 amide bonds. The Hall–Kier alpha value is -3.81. The lowest BCUT2D eigenvalue weighted by molar-refractivity contribution is -0.142. The van der Waals surface area contributed by atoms with Crippen LogP contribution in [0.5, 0.6) is 5.75 Å². The van der Waals surface area contributed by atoms with Crippen LogP contribution in [-0.2, 0) is 16.6 Å². The summed E-state index contributed by atoms with van der Waals surface area (Å²) in [5.41, 5.74) is 2.24. The maximum Gasteiger partial charge on any atom is 0.295 e. The first-order valence-electron chi connectivity index (χ1n) is 12.5. The highest BCUT2D eigenvalue weighted by Gasteiger charge is 2.40. The highest BCUT2D eigenvalue weighted by molar-refractivity contribution is 5.95. The number of unbranched alkanes of at least 4 members (excludes halogenated alkanes) is 1. The first-order valence-corrected chi connectivity index (χ1v) is 12.5. The second kappa shape index (κ2) is 10.8. The molecule has 1 N–H and O–H groups in total. The van der Waals surface area contributed by atoms with Gasteiger partial charge in [-0.15, -0.1) is 0 Å². The summed E-state index contributed by atoms with van der Waals surface area (Å²) in [6, 6.07) is 16.4. The number of nitrogens with one attached hydrogen (secondary N) is 1. The fourth-order valence-corrected chi connectivity index (χ4v) is 4.96. The molecule has 2 heterocycles. The molecule has 8 heteroatoms. The smallest absolute Gasteiger partial charge is 0.295 e. The number of piperidine rings is 1. The lowest BCUT2D eigenvalue weighted by Gasteiger charge is -2.41. The van der Waals surface area contributed by atoms with Crippen LogP contribution in [0.4, 0.5) is 5.69 Å². The minimum atomic E-state index is -0.489. The number of amides is 2. The number of methoxy groups -OCH3 is 1. The minimum Gasteiger partial charge on any atom is -0.497 e. The third-order valence-corrected chi connectivity index (χ3v) is 7.06. The standard InChI is InChI=1S/C28H34N4O4/c1-5-6-18-31-24(33)17-16-23(26(31)20-12-14-22(36-4)15-13-20)27(34)29-25-19(2)30(3)32(28(25)35)21-10-8-7-9-11-21/h7-15,23,26H,5-6,16-18H2,1-4H3,(H,29,34)/t23-,26-/m1/s1. The van der Waals surface area contributed by atoms with Gasteiger partial charge in [-0.25, -0.2) is 4.68 Å². The second-order valence-electron chi connectivity index (χ2n) is 9.23. The van der Waals surface area contributed by atoms with Gasteiger partial charge in [0.2, 0.25) is 11.8 Å². The molecule has 36 heavy (non-hydrogen) atoms. The fourth-order valence-electron chi connectivity index (χ4n) is 4.96. The van der Waals surface area contributed by atoms with Gasteiger partial charge in [-0.05, 0) is 49.6 Å². The number of nitrogens with zero attached hydrogens (tertiary/aromatic N) is 3. The molecule has 1 aliphatic rings. The Morgan fingerprint density at radius 3 is 2.42 bits per heavy atom. The number of hydrogen-bond donors (Lipinski definition) is 1. The van der Waals surface area contributed by atoms with Crippen molar-refractivity contribution >= 4 is 17.5 Å². The van der Waals surface area contributed by atoms with E-state index in [4.69, 9.17) is 4.74 Å². The van der Waals surface area contributed by atoms with Crippen molar-refractivity contribution in [3.63, 3.8) is 0 Å². The zero-order valence-corrected chi connectivity index (χ0v) is 21.4. The molecule has 0 bridgehead atoms. The molecule has 0 saturated carbocycles. The monoisotopic (exact) mass is 490 g/mol. The molecule has 2 aromatic carbocycles. The largest absolute Gasteiger partial charge is 0.497 e. The number of ether oxygens (including phenoxy) is 1. The molecular formula is C28H34N4O4. The zero-order chi connectivity index (χ0) is 25.8. The fraction of sp³-hybridized carbons (Fsp3) is 0.393. The number of carbonyl (C=O) groups is 2. The lowest BCUT2D eigenvalue weighted by Crippen LogP contribution is -2.47. The van der Waals surface area contributed by atoms with Crippen LogP contribution in [0.2, 0.25) is 0 Å². The van der Waals surface area contributed by atoms with Crippen molar-refractivity contribution in [2.75, 3.05) is 19.0 Å². The molecule has 1 fully saturated rings. The molecule has 190 valence electrons. The van der Waals surface area contributed by atoms with E-state index in [-0.39, 0.29) is 23.1 Å². The Labute approximate surface area is 211 Å². The van der Waals surface area contributed by atoms with Crippen molar-refractivity contribution in [1.29, 1.82) is 0 Å². The van der Waals surface area contributed by atoms with Gasteiger partial charge in [-0.2, -0.15) is 0 Å². The second-order valence-corrected chi connectivity index (χ2v) is 9.23. The predicted octanol–water partition coefficient (Wildman–Crippen LogP) is 4.21.